The van der Waals surface area contributed by atoms with Crippen molar-refractivity contribution in [3.05, 3.63) is 35.4 Å². The van der Waals surface area contributed by atoms with E-state index in [0.29, 0.717) is 10.8 Å². The Morgan fingerprint density at radius 3 is 2.47 bits per heavy atom. The van der Waals surface area contributed by atoms with E-state index in [4.69, 9.17) is 0 Å². The molecule has 0 saturated carbocycles. The second-order valence-electron chi connectivity index (χ2n) is 3.81. The van der Waals surface area contributed by atoms with Crippen LogP contribution in [-0.4, -0.2) is 17.5 Å². The summed E-state index contributed by atoms with van der Waals surface area (Å²) in [5, 5.41) is 3.85. The summed E-state index contributed by atoms with van der Waals surface area (Å²) in [4.78, 5) is 0. The lowest BCUT2D eigenvalue weighted by Crippen LogP contribution is -2.34. The molecule has 2 rings (SSSR count). The smallest absolute Gasteiger partial charge is 0.126 e. The van der Waals surface area contributed by atoms with Crippen molar-refractivity contribution >= 4 is 11.8 Å². The van der Waals surface area contributed by atoms with Crippen LogP contribution in [0.2, 0.25) is 0 Å². The zero-order valence-corrected chi connectivity index (χ0v) is 9.28. The van der Waals surface area contributed by atoms with Crippen molar-refractivity contribution in [2.45, 2.75) is 18.2 Å². The molecular weight excluding hydrogens is 216 g/mol. The van der Waals surface area contributed by atoms with Gasteiger partial charge in [-0.1, -0.05) is 6.92 Å². The molecule has 1 N–H and O–H groups in total. The van der Waals surface area contributed by atoms with Gasteiger partial charge in [0.15, 0.2) is 0 Å². The van der Waals surface area contributed by atoms with Crippen molar-refractivity contribution in [2.75, 3.05) is 12.3 Å². The Bertz CT molecular complexity index is 328. The first-order chi connectivity index (χ1) is 7.15. The summed E-state index contributed by atoms with van der Waals surface area (Å²) < 4.78 is 26.0. The Kier molecular flexibility index (Phi) is 3.26. The van der Waals surface area contributed by atoms with Gasteiger partial charge < -0.3 is 5.32 Å². The quantitative estimate of drug-likeness (QED) is 0.794. The second kappa shape index (κ2) is 4.49. The molecule has 1 nitrogen and oxygen atoms in total. The number of rotatable bonds is 1. The van der Waals surface area contributed by atoms with E-state index in [0.717, 1.165) is 18.4 Å². The van der Waals surface area contributed by atoms with Crippen LogP contribution in [-0.2, 0) is 0 Å². The van der Waals surface area contributed by atoms with E-state index in [-0.39, 0.29) is 6.04 Å². The average molecular weight is 229 g/mol. The summed E-state index contributed by atoms with van der Waals surface area (Å²) in [6.45, 7) is 3.02. The number of halogens is 2. The van der Waals surface area contributed by atoms with Gasteiger partial charge in [-0.25, -0.2) is 8.78 Å². The van der Waals surface area contributed by atoms with E-state index in [1.54, 1.807) is 0 Å². The number of nitrogens with one attached hydrogen (secondary N) is 1. The van der Waals surface area contributed by atoms with Crippen molar-refractivity contribution in [1.29, 1.82) is 0 Å². The van der Waals surface area contributed by atoms with Gasteiger partial charge >= 0.3 is 0 Å². The van der Waals surface area contributed by atoms with Crippen LogP contribution < -0.4 is 5.32 Å². The summed E-state index contributed by atoms with van der Waals surface area (Å²) in [6, 6.07) is 3.77. The van der Waals surface area contributed by atoms with Gasteiger partial charge in [-0.15, -0.1) is 0 Å². The SMILES string of the molecule is CC1CNC(c2cc(F)cc(F)c2)CS1. The molecule has 1 aliphatic heterocycles. The third-order valence-corrected chi connectivity index (χ3v) is 3.75. The van der Waals surface area contributed by atoms with Crippen LogP contribution in [0.5, 0.6) is 0 Å². The number of hydrogen-bond donors (Lipinski definition) is 1. The van der Waals surface area contributed by atoms with Gasteiger partial charge in [-0.05, 0) is 17.7 Å². The number of hydrogen-bond acceptors (Lipinski definition) is 2. The summed E-state index contributed by atoms with van der Waals surface area (Å²) in [5.74, 6) is -0.143. The molecule has 0 aromatic heterocycles. The average Bonchev–Trinajstić information content (AvgIpc) is 2.17. The van der Waals surface area contributed by atoms with Gasteiger partial charge in [0.1, 0.15) is 11.6 Å². The fourth-order valence-corrected chi connectivity index (χ4v) is 2.72. The monoisotopic (exact) mass is 229 g/mol. The van der Waals surface area contributed by atoms with Crippen LogP contribution in [0.1, 0.15) is 18.5 Å². The molecule has 1 aromatic rings. The molecule has 0 aliphatic carbocycles. The van der Waals surface area contributed by atoms with Gasteiger partial charge in [0.25, 0.3) is 0 Å². The fourth-order valence-electron chi connectivity index (χ4n) is 1.68. The Balaban J connectivity index is 2.15. The molecule has 82 valence electrons. The fraction of sp³-hybridized carbons (Fsp3) is 0.455. The minimum absolute atomic E-state index is 0.0661. The lowest BCUT2D eigenvalue weighted by atomic mass is 10.1. The van der Waals surface area contributed by atoms with Crippen molar-refractivity contribution in [3.8, 4) is 0 Å². The second-order valence-corrected chi connectivity index (χ2v) is 5.28. The first-order valence-electron chi connectivity index (χ1n) is 4.96. The molecule has 0 amide bonds. The van der Waals surface area contributed by atoms with Gasteiger partial charge in [-0.3, -0.25) is 0 Å². The highest BCUT2D eigenvalue weighted by atomic mass is 32.2. The zero-order chi connectivity index (χ0) is 10.8. The third-order valence-electron chi connectivity index (χ3n) is 2.49. The van der Waals surface area contributed by atoms with Crippen LogP contribution >= 0.6 is 11.8 Å². The Morgan fingerprint density at radius 1 is 1.27 bits per heavy atom. The molecule has 0 radical (unpaired) electrons. The minimum atomic E-state index is -0.504. The van der Waals surface area contributed by atoms with Crippen LogP contribution in [0.3, 0.4) is 0 Å². The number of benzene rings is 1. The van der Waals surface area contributed by atoms with Crippen LogP contribution in [0.25, 0.3) is 0 Å². The van der Waals surface area contributed by atoms with E-state index < -0.39 is 11.6 Å². The Labute approximate surface area is 92.3 Å². The van der Waals surface area contributed by atoms with Crippen molar-refractivity contribution in [3.63, 3.8) is 0 Å². The first-order valence-corrected chi connectivity index (χ1v) is 6.01. The molecule has 2 unspecified atom stereocenters. The normalized spacial score (nSPS) is 26.6. The summed E-state index contributed by atoms with van der Waals surface area (Å²) in [5.41, 5.74) is 0.701. The van der Waals surface area contributed by atoms with E-state index in [1.807, 2.05) is 11.8 Å². The minimum Gasteiger partial charge on any atom is -0.308 e. The molecule has 1 heterocycles. The van der Waals surface area contributed by atoms with Crippen molar-refractivity contribution < 1.29 is 8.78 Å². The zero-order valence-electron chi connectivity index (χ0n) is 8.47. The van der Waals surface area contributed by atoms with E-state index in [9.17, 15) is 8.78 Å². The molecule has 2 atom stereocenters. The van der Waals surface area contributed by atoms with Crippen LogP contribution in [0.15, 0.2) is 18.2 Å². The van der Waals surface area contributed by atoms with Crippen LogP contribution in [0, 0.1) is 11.6 Å². The van der Waals surface area contributed by atoms with Gasteiger partial charge in [0.05, 0.1) is 0 Å². The largest absolute Gasteiger partial charge is 0.308 e. The topological polar surface area (TPSA) is 12.0 Å². The molecule has 0 spiro atoms. The molecule has 1 saturated heterocycles. The summed E-state index contributed by atoms with van der Waals surface area (Å²) >= 11 is 1.83. The van der Waals surface area contributed by atoms with E-state index in [1.165, 1.54) is 12.1 Å². The molecular formula is C11H13F2NS. The number of thioether (sulfide) groups is 1. The summed E-state index contributed by atoms with van der Waals surface area (Å²) in [7, 11) is 0. The van der Waals surface area contributed by atoms with Crippen molar-refractivity contribution in [2.24, 2.45) is 0 Å². The predicted octanol–water partition coefficient (Wildman–Crippen LogP) is 2.73. The third kappa shape index (κ3) is 2.69. The molecule has 1 fully saturated rings. The van der Waals surface area contributed by atoms with Gasteiger partial charge in [0.2, 0.25) is 0 Å². The predicted molar refractivity (Wildman–Crippen MR) is 59.0 cm³/mol. The maximum atomic E-state index is 13.0. The Morgan fingerprint density at radius 2 is 1.93 bits per heavy atom. The molecule has 0 bridgehead atoms. The lowest BCUT2D eigenvalue weighted by molar-refractivity contribution is 0.540. The van der Waals surface area contributed by atoms with Gasteiger partial charge in [0, 0.05) is 29.7 Å². The van der Waals surface area contributed by atoms with Crippen LogP contribution in [0.4, 0.5) is 8.78 Å². The lowest BCUT2D eigenvalue weighted by Gasteiger charge is -2.27. The van der Waals surface area contributed by atoms with E-state index >= 15 is 0 Å². The molecule has 4 heteroatoms. The highest BCUT2D eigenvalue weighted by Crippen LogP contribution is 2.26. The highest BCUT2D eigenvalue weighted by molar-refractivity contribution is 8.00. The maximum Gasteiger partial charge on any atom is 0.126 e. The first kappa shape index (κ1) is 10.9. The van der Waals surface area contributed by atoms with E-state index in [2.05, 4.69) is 12.2 Å². The highest BCUT2D eigenvalue weighted by Gasteiger charge is 2.20. The van der Waals surface area contributed by atoms with Gasteiger partial charge in [-0.2, -0.15) is 11.8 Å². The molecule has 1 aliphatic rings. The molecule has 15 heavy (non-hydrogen) atoms. The molecule has 1 aromatic carbocycles. The maximum absolute atomic E-state index is 13.0. The Hall–Kier alpha value is -0.610. The van der Waals surface area contributed by atoms with Crippen molar-refractivity contribution in [1.82, 2.24) is 5.32 Å². The summed E-state index contributed by atoms with van der Waals surface area (Å²) in [6.07, 6.45) is 0. The standard InChI is InChI=1S/C11H13F2NS/c1-7-5-14-11(6-15-7)8-2-9(12)4-10(13)3-8/h2-4,7,11,14H,5-6H2,1H3.